The molecule has 0 unspecified atom stereocenters. The molecule has 1 aliphatic rings. The molecule has 200 valence electrons. The van der Waals surface area contributed by atoms with Gasteiger partial charge in [-0.05, 0) is 67.9 Å². The lowest BCUT2D eigenvalue weighted by atomic mass is 10.0. The zero-order chi connectivity index (χ0) is 26.5. The van der Waals surface area contributed by atoms with E-state index in [4.69, 9.17) is 0 Å². The average molecular weight is 526 g/mol. The minimum absolute atomic E-state index is 0.193. The summed E-state index contributed by atoms with van der Waals surface area (Å²) in [5.41, 5.74) is 3.08. The molecule has 1 aliphatic heterocycles. The van der Waals surface area contributed by atoms with E-state index in [0.717, 1.165) is 37.3 Å². The van der Waals surface area contributed by atoms with Gasteiger partial charge < -0.3 is 26.6 Å². The van der Waals surface area contributed by atoms with Gasteiger partial charge in [-0.25, -0.2) is 15.0 Å². The van der Waals surface area contributed by atoms with Crippen LogP contribution in [0.4, 0.5) is 30.4 Å². The molecule has 0 spiro atoms. The van der Waals surface area contributed by atoms with Crippen LogP contribution in [0.5, 0.6) is 0 Å². The third-order valence-corrected chi connectivity index (χ3v) is 6.64. The maximum Gasteiger partial charge on any atom is 0.416 e. The van der Waals surface area contributed by atoms with Gasteiger partial charge in [-0.1, -0.05) is 6.07 Å². The van der Waals surface area contributed by atoms with Crippen LogP contribution < -0.4 is 26.6 Å². The van der Waals surface area contributed by atoms with E-state index in [-0.39, 0.29) is 24.8 Å². The zero-order valence-corrected chi connectivity index (χ0v) is 20.9. The lowest BCUT2D eigenvalue weighted by Gasteiger charge is -2.24. The number of alkyl halides is 3. The standard InChI is InChI=1S/C26H30F3N9/c1-30-24-23-25(36-15-35-24)38(16-37-23)21-6-4-18(5-7-21)33-14-34-20-3-2-17(22(12-20)26(27,28)29)13-32-19-8-10-31-11-9-19/h2-7,12,15-16,19,31-34H,8-11,13-14H2,1H3,(H,30,35,36). The number of nitrogens with one attached hydrogen (secondary N) is 5. The summed E-state index contributed by atoms with van der Waals surface area (Å²) in [5, 5.41) is 15.8. The van der Waals surface area contributed by atoms with Crippen LogP contribution in [0.15, 0.2) is 55.1 Å². The number of nitrogens with zero attached hydrogens (tertiary/aromatic N) is 4. The molecular formula is C26H30F3N9. The first-order chi connectivity index (χ1) is 18.4. The monoisotopic (exact) mass is 525 g/mol. The summed E-state index contributed by atoms with van der Waals surface area (Å²) in [5.74, 6) is 0.651. The summed E-state index contributed by atoms with van der Waals surface area (Å²) in [4.78, 5) is 12.9. The molecule has 5 N–H and O–H groups in total. The maximum atomic E-state index is 13.8. The third kappa shape index (κ3) is 5.81. The van der Waals surface area contributed by atoms with Crippen LogP contribution in [0.1, 0.15) is 24.0 Å². The van der Waals surface area contributed by atoms with Gasteiger partial charge in [0, 0.05) is 36.7 Å². The van der Waals surface area contributed by atoms with Crippen molar-refractivity contribution in [2.24, 2.45) is 0 Å². The number of anilines is 3. The van der Waals surface area contributed by atoms with Crippen molar-refractivity contribution >= 4 is 28.4 Å². The first kappa shape index (κ1) is 25.7. The molecule has 38 heavy (non-hydrogen) atoms. The Labute approximate surface area is 218 Å². The number of rotatable bonds is 9. The molecule has 2 aromatic carbocycles. The fraction of sp³-hybridized carbons (Fsp3) is 0.346. The lowest BCUT2D eigenvalue weighted by molar-refractivity contribution is -0.138. The number of hydrogen-bond donors (Lipinski definition) is 5. The van der Waals surface area contributed by atoms with Gasteiger partial charge in [-0.2, -0.15) is 13.2 Å². The SMILES string of the molecule is CNc1ncnc2c1ncn2-c1ccc(NCNc2ccc(CNC3CCNCC3)c(C(F)(F)F)c2)cc1. The highest BCUT2D eigenvalue weighted by atomic mass is 19.4. The number of hydrogen-bond acceptors (Lipinski definition) is 8. The number of piperidine rings is 1. The molecule has 1 saturated heterocycles. The molecule has 0 amide bonds. The normalized spacial score (nSPS) is 14.5. The van der Waals surface area contributed by atoms with Crippen LogP contribution in [0.3, 0.4) is 0 Å². The van der Waals surface area contributed by atoms with Crippen molar-refractivity contribution in [3.05, 3.63) is 66.2 Å². The van der Waals surface area contributed by atoms with Crippen molar-refractivity contribution in [3.8, 4) is 5.69 Å². The number of halogens is 3. The Morgan fingerprint density at radius 3 is 2.45 bits per heavy atom. The Kier molecular flexibility index (Phi) is 7.61. The summed E-state index contributed by atoms with van der Waals surface area (Å²) < 4.78 is 43.2. The predicted octanol–water partition coefficient (Wildman–Crippen LogP) is 4.20. The molecule has 9 nitrogen and oxygen atoms in total. The summed E-state index contributed by atoms with van der Waals surface area (Å²) in [7, 11) is 1.78. The Bertz CT molecular complexity index is 1360. The number of benzene rings is 2. The Morgan fingerprint density at radius 2 is 1.71 bits per heavy atom. The molecule has 3 heterocycles. The summed E-state index contributed by atoms with van der Waals surface area (Å²) >= 11 is 0. The highest BCUT2D eigenvalue weighted by Gasteiger charge is 2.33. The molecular weight excluding hydrogens is 495 g/mol. The van der Waals surface area contributed by atoms with E-state index < -0.39 is 11.7 Å². The van der Waals surface area contributed by atoms with Crippen molar-refractivity contribution in [1.29, 1.82) is 0 Å². The van der Waals surface area contributed by atoms with E-state index in [0.29, 0.717) is 22.7 Å². The molecule has 0 aliphatic carbocycles. The summed E-state index contributed by atoms with van der Waals surface area (Å²) in [6.07, 6.45) is 0.572. The molecule has 4 aromatic rings. The number of aromatic nitrogens is 4. The second-order valence-corrected chi connectivity index (χ2v) is 9.11. The van der Waals surface area contributed by atoms with Gasteiger partial charge in [0.1, 0.15) is 12.7 Å². The minimum atomic E-state index is -4.43. The lowest BCUT2D eigenvalue weighted by Crippen LogP contribution is -2.39. The predicted molar refractivity (Wildman–Crippen MR) is 142 cm³/mol. The largest absolute Gasteiger partial charge is 0.416 e. The van der Waals surface area contributed by atoms with Crippen molar-refractivity contribution in [3.63, 3.8) is 0 Å². The van der Waals surface area contributed by atoms with E-state index in [1.807, 2.05) is 28.8 Å². The quantitative estimate of drug-likeness (QED) is 0.207. The van der Waals surface area contributed by atoms with E-state index in [9.17, 15) is 13.2 Å². The molecule has 0 bridgehead atoms. The fourth-order valence-corrected chi connectivity index (χ4v) is 4.58. The van der Waals surface area contributed by atoms with Gasteiger partial charge in [0.25, 0.3) is 0 Å². The average Bonchev–Trinajstić information content (AvgIpc) is 3.37. The van der Waals surface area contributed by atoms with Crippen LogP contribution in [0.2, 0.25) is 0 Å². The van der Waals surface area contributed by atoms with Crippen LogP contribution in [0.25, 0.3) is 16.9 Å². The number of fused-ring (bicyclic) bond motifs is 1. The van der Waals surface area contributed by atoms with Crippen LogP contribution in [0, 0.1) is 0 Å². The van der Waals surface area contributed by atoms with Crippen molar-refractivity contribution in [2.75, 3.05) is 42.8 Å². The van der Waals surface area contributed by atoms with Gasteiger partial charge in [0.2, 0.25) is 0 Å². The van der Waals surface area contributed by atoms with Gasteiger partial charge in [0.15, 0.2) is 17.0 Å². The summed E-state index contributed by atoms with van der Waals surface area (Å²) in [6.45, 7) is 2.22. The topological polar surface area (TPSA) is 104 Å². The van der Waals surface area contributed by atoms with E-state index in [2.05, 4.69) is 41.5 Å². The first-order valence-electron chi connectivity index (χ1n) is 12.5. The zero-order valence-electron chi connectivity index (χ0n) is 20.9. The molecule has 1 fully saturated rings. The molecule has 0 saturated carbocycles. The van der Waals surface area contributed by atoms with Crippen molar-refractivity contribution in [2.45, 2.75) is 31.6 Å². The molecule has 5 rings (SSSR count). The summed E-state index contributed by atoms with van der Waals surface area (Å²) in [6, 6.07) is 12.2. The van der Waals surface area contributed by atoms with E-state index in [1.54, 1.807) is 25.5 Å². The van der Waals surface area contributed by atoms with Gasteiger partial charge in [-0.15, -0.1) is 0 Å². The van der Waals surface area contributed by atoms with Crippen LogP contribution >= 0.6 is 0 Å². The van der Waals surface area contributed by atoms with Crippen LogP contribution in [-0.4, -0.2) is 52.4 Å². The van der Waals surface area contributed by atoms with Gasteiger partial charge in [-0.3, -0.25) is 4.57 Å². The smallest absolute Gasteiger partial charge is 0.371 e. The molecule has 0 radical (unpaired) electrons. The van der Waals surface area contributed by atoms with E-state index >= 15 is 0 Å². The second-order valence-electron chi connectivity index (χ2n) is 9.11. The highest BCUT2D eigenvalue weighted by molar-refractivity contribution is 5.83. The molecule has 0 atom stereocenters. The molecule has 12 heteroatoms. The Morgan fingerprint density at radius 1 is 0.974 bits per heavy atom. The highest BCUT2D eigenvalue weighted by Crippen LogP contribution is 2.34. The second kappa shape index (κ2) is 11.2. The van der Waals surface area contributed by atoms with Crippen molar-refractivity contribution in [1.82, 2.24) is 30.2 Å². The molecule has 2 aromatic heterocycles. The van der Waals surface area contributed by atoms with Crippen molar-refractivity contribution < 1.29 is 13.2 Å². The maximum absolute atomic E-state index is 13.8. The van der Waals surface area contributed by atoms with Crippen LogP contribution in [-0.2, 0) is 12.7 Å². The number of imidazole rings is 1. The Balaban J connectivity index is 1.20. The van der Waals surface area contributed by atoms with Gasteiger partial charge in [0.05, 0.1) is 12.2 Å². The first-order valence-corrected chi connectivity index (χ1v) is 12.5. The van der Waals surface area contributed by atoms with Gasteiger partial charge >= 0.3 is 6.18 Å². The fourth-order valence-electron chi connectivity index (χ4n) is 4.58. The Hall–Kier alpha value is -3.90. The van der Waals surface area contributed by atoms with E-state index in [1.165, 1.54) is 12.4 Å². The minimum Gasteiger partial charge on any atom is -0.371 e. The third-order valence-electron chi connectivity index (χ3n) is 6.64.